The van der Waals surface area contributed by atoms with Crippen molar-refractivity contribution in [2.24, 2.45) is 0 Å². The first-order valence-electron chi connectivity index (χ1n) is 10.6. The van der Waals surface area contributed by atoms with Gasteiger partial charge in [0.05, 0.1) is 11.0 Å². The molecule has 0 radical (unpaired) electrons. The number of aryl methyl sites for hydroxylation is 3. The van der Waals surface area contributed by atoms with Gasteiger partial charge in [-0.2, -0.15) is 0 Å². The summed E-state index contributed by atoms with van der Waals surface area (Å²) in [5, 5.41) is 2.96. The van der Waals surface area contributed by atoms with Gasteiger partial charge in [0.1, 0.15) is 5.82 Å². The summed E-state index contributed by atoms with van der Waals surface area (Å²) in [6, 6.07) is 7.63. The minimum atomic E-state index is -0.112. The summed E-state index contributed by atoms with van der Waals surface area (Å²) < 4.78 is 3.76. The minimum Gasteiger partial charge on any atom is -0.356 e. The molecule has 1 fully saturated rings. The molecule has 0 saturated carbocycles. The van der Waals surface area contributed by atoms with E-state index in [0.29, 0.717) is 18.9 Å². The van der Waals surface area contributed by atoms with Crippen molar-refractivity contribution in [1.82, 2.24) is 24.4 Å². The van der Waals surface area contributed by atoms with Crippen LogP contribution in [0.2, 0.25) is 0 Å². The number of carbonyl (C=O) groups excluding carboxylic acids is 1. The highest BCUT2D eigenvalue weighted by Crippen LogP contribution is 2.18. The van der Waals surface area contributed by atoms with Crippen molar-refractivity contribution in [2.45, 2.75) is 45.7 Å². The van der Waals surface area contributed by atoms with Crippen LogP contribution >= 0.6 is 0 Å². The van der Waals surface area contributed by atoms with Gasteiger partial charge in [0.15, 0.2) is 5.82 Å². The smallest absolute Gasteiger partial charge is 0.294 e. The number of carbonyl (C=O) groups is 1. The molecule has 0 aliphatic carbocycles. The van der Waals surface area contributed by atoms with E-state index in [-0.39, 0.29) is 17.9 Å². The summed E-state index contributed by atoms with van der Waals surface area (Å²) in [5.74, 6) is 1.43. The van der Waals surface area contributed by atoms with E-state index in [4.69, 9.17) is 0 Å². The highest BCUT2D eigenvalue weighted by atomic mass is 16.2. The Morgan fingerprint density at radius 3 is 2.73 bits per heavy atom. The van der Waals surface area contributed by atoms with Gasteiger partial charge in [0.2, 0.25) is 5.91 Å². The Balaban J connectivity index is 1.40. The number of hydrogen-bond acceptors (Lipinski definition) is 5. The molecule has 1 amide bonds. The average molecular weight is 409 g/mol. The molecule has 4 rings (SSSR count). The van der Waals surface area contributed by atoms with E-state index in [2.05, 4.69) is 24.8 Å². The molecule has 1 N–H and O–H groups in total. The van der Waals surface area contributed by atoms with Gasteiger partial charge in [0, 0.05) is 51.5 Å². The van der Waals surface area contributed by atoms with Crippen molar-refractivity contribution in [1.29, 1.82) is 0 Å². The van der Waals surface area contributed by atoms with Gasteiger partial charge in [0.25, 0.3) is 5.56 Å². The SMILES string of the molecule is Cc1nccn1CCCNC(=O)CCn1c(=O)c(N2CCCC2)nc2ccccc21. The molecule has 1 aliphatic rings. The number of fused-ring (bicyclic) bond motifs is 1. The first kappa shape index (κ1) is 20.1. The number of hydrogen-bond donors (Lipinski definition) is 1. The van der Waals surface area contributed by atoms with Crippen LogP contribution in [-0.4, -0.2) is 44.6 Å². The van der Waals surface area contributed by atoms with Gasteiger partial charge in [-0.1, -0.05) is 12.1 Å². The van der Waals surface area contributed by atoms with E-state index < -0.39 is 0 Å². The Bertz CT molecular complexity index is 1080. The Hall–Kier alpha value is -3.16. The maximum absolute atomic E-state index is 13.1. The monoisotopic (exact) mass is 408 g/mol. The fourth-order valence-electron chi connectivity index (χ4n) is 3.95. The number of imidazole rings is 1. The molecule has 0 unspecified atom stereocenters. The van der Waals surface area contributed by atoms with Crippen molar-refractivity contribution in [3.05, 3.63) is 52.8 Å². The van der Waals surface area contributed by atoms with Crippen LogP contribution in [0.5, 0.6) is 0 Å². The van der Waals surface area contributed by atoms with E-state index >= 15 is 0 Å². The van der Waals surface area contributed by atoms with Crippen LogP contribution in [-0.2, 0) is 17.9 Å². The normalized spacial score (nSPS) is 13.8. The molecule has 1 saturated heterocycles. The van der Waals surface area contributed by atoms with Gasteiger partial charge in [-0.25, -0.2) is 9.97 Å². The lowest BCUT2D eigenvalue weighted by molar-refractivity contribution is -0.121. The lowest BCUT2D eigenvalue weighted by Gasteiger charge is -2.19. The minimum absolute atomic E-state index is 0.0483. The molecule has 0 bridgehead atoms. The van der Waals surface area contributed by atoms with E-state index in [1.165, 1.54) is 0 Å². The van der Waals surface area contributed by atoms with Crippen LogP contribution in [0.4, 0.5) is 5.82 Å². The maximum atomic E-state index is 13.1. The standard InChI is InChI=1S/C22H28N6O2/c1-17-23-11-16-26(17)14-6-10-24-20(29)9-15-28-19-8-3-2-7-18(19)25-21(22(28)30)27-12-4-5-13-27/h2-3,7-8,11,16H,4-6,9-10,12-15H2,1H3,(H,24,29). The number of amides is 1. The molecule has 30 heavy (non-hydrogen) atoms. The van der Waals surface area contributed by atoms with Gasteiger partial charge in [-0.05, 0) is 38.3 Å². The summed E-state index contributed by atoms with van der Waals surface area (Å²) in [6.45, 7) is 5.44. The van der Waals surface area contributed by atoms with Crippen molar-refractivity contribution in [3.63, 3.8) is 0 Å². The molecule has 158 valence electrons. The van der Waals surface area contributed by atoms with Gasteiger partial charge in [-0.3, -0.25) is 9.59 Å². The zero-order valence-corrected chi connectivity index (χ0v) is 17.4. The third-order valence-corrected chi connectivity index (χ3v) is 5.62. The number of para-hydroxylation sites is 2. The molecule has 8 heteroatoms. The number of rotatable bonds is 8. The summed E-state index contributed by atoms with van der Waals surface area (Å²) in [4.78, 5) is 36.4. The van der Waals surface area contributed by atoms with Gasteiger partial charge >= 0.3 is 0 Å². The number of benzene rings is 1. The van der Waals surface area contributed by atoms with E-state index in [0.717, 1.165) is 55.8 Å². The summed E-state index contributed by atoms with van der Waals surface area (Å²) >= 11 is 0. The highest BCUT2D eigenvalue weighted by Gasteiger charge is 2.20. The quantitative estimate of drug-likeness (QED) is 0.577. The Morgan fingerprint density at radius 2 is 1.97 bits per heavy atom. The van der Waals surface area contributed by atoms with Crippen LogP contribution in [0.25, 0.3) is 11.0 Å². The van der Waals surface area contributed by atoms with Crippen LogP contribution in [0, 0.1) is 6.92 Å². The molecule has 3 heterocycles. The summed E-state index contributed by atoms with van der Waals surface area (Å²) in [7, 11) is 0. The number of aromatic nitrogens is 4. The Labute approximate surface area is 175 Å². The third kappa shape index (κ3) is 4.37. The topological polar surface area (TPSA) is 85.0 Å². The predicted octanol–water partition coefficient (Wildman–Crippen LogP) is 2.10. The van der Waals surface area contributed by atoms with Crippen LogP contribution < -0.4 is 15.8 Å². The van der Waals surface area contributed by atoms with Crippen molar-refractivity contribution in [3.8, 4) is 0 Å². The molecule has 2 aromatic heterocycles. The van der Waals surface area contributed by atoms with Crippen LogP contribution in [0.3, 0.4) is 0 Å². The zero-order chi connectivity index (χ0) is 20.9. The molecule has 1 aromatic carbocycles. The van der Waals surface area contributed by atoms with Crippen molar-refractivity contribution < 1.29 is 4.79 Å². The Morgan fingerprint density at radius 1 is 1.17 bits per heavy atom. The lowest BCUT2D eigenvalue weighted by atomic mass is 10.2. The van der Waals surface area contributed by atoms with E-state index in [9.17, 15) is 9.59 Å². The first-order valence-corrected chi connectivity index (χ1v) is 10.6. The fraction of sp³-hybridized carbons (Fsp3) is 0.455. The van der Waals surface area contributed by atoms with Crippen LogP contribution in [0.15, 0.2) is 41.5 Å². The van der Waals surface area contributed by atoms with E-state index in [1.54, 1.807) is 10.8 Å². The van der Waals surface area contributed by atoms with Crippen molar-refractivity contribution in [2.75, 3.05) is 24.5 Å². The zero-order valence-electron chi connectivity index (χ0n) is 17.4. The van der Waals surface area contributed by atoms with Gasteiger partial charge in [-0.15, -0.1) is 0 Å². The number of nitrogens with one attached hydrogen (secondary N) is 1. The molecule has 3 aromatic rings. The molecular weight excluding hydrogens is 380 g/mol. The molecule has 8 nitrogen and oxygen atoms in total. The lowest BCUT2D eigenvalue weighted by Crippen LogP contribution is -2.33. The molecule has 0 atom stereocenters. The second-order valence-electron chi connectivity index (χ2n) is 7.70. The summed E-state index contributed by atoms with van der Waals surface area (Å²) in [6.07, 6.45) is 6.97. The second kappa shape index (κ2) is 9.11. The maximum Gasteiger partial charge on any atom is 0.294 e. The number of nitrogens with zero attached hydrogens (tertiary/aromatic N) is 5. The molecular formula is C22H28N6O2. The number of anilines is 1. The molecule has 1 aliphatic heterocycles. The highest BCUT2D eigenvalue weighted by molar-refractivity contribution is 5.78. The van der Waals surface area contributed by atoms with Gasteiger partial charge < -0.3 is 19.4 Å². The fourth-order valence-corrected chi connectivity index (χ4v) is 3.95. The third-order valence-electron chi connectivity index (χ3n) is 5.62. The first-order chi connectivity index (χ1) is 14.6. The average Bonchev–Trinajstić information content (AvgIpc) is 3.42. The summed E-state index contributed by atoms with van der Waals surface area (Å²) in [5.41, 5.74) is 1.45. The molecule has 0 spiro atoms. The van der Waals surface area contributed by atoms with Crippen molar-refractivity contribution >= 4 is 22.8 Å². The predicted molar refractivity (Wildman–Crippen MR) is 117 cm³/mol. The largest absolute Gasteiger partial charge is 0.356 e. The van der Waals surface area contributed by atoms with E-state index in [1.807, 2.05) is 37.4 Å². The van der Waals surface area contributed by atoms with Crippen LogP contribution in [0.1, 0.15) is 31.5 Å². The second-order valence-corrected chi connectivity index (χ2v) is 7.70. The Kier molecular flexibility index (Phi) is 6.11.